The van der Waals surface area contributed by atoms with E-state index < -0.39 is 5.97 Å². The van der Waals surface area contributed by atoms with Crippen LogP contribution >= 0.6 is 0 Å². The Bertz CT molecular complexity index is 1050. The van der Waals surface area contributed by atoms with Crippen molar-refractivity contribution in [3.63, 3.8) is 0 Å². The molecule has 0 aliphatic heterocycles. The second-order valence-corrected chi connectivity index (χ2v) is 7.44. The molecule has 1 fully saturated rings. The Kier molecular flexibility index (Phi) is 5.34. The van der Waals surface area contributed by atoms with Crippen LogP contribution in [0.1, 0.15) is 29.5 Å². The molecule has 4 rings (SSSR count). The van der Waals surface area contributed by atoms with Crippen molar-refractivity contribution >= 4 is 22.8 Å². The number of rotatable bonds is 7. The fourth-order valence-corrected chi connectivity index (χ4v) is 3.38. The maximum absolute atomic E-state index is 13.9. The third-order valence-electron chi connectivity index (χ3n) is 5.11. The lowest BCUT2D eigenvalue weighted by Crippen LogP contribution is -2.36. The number of carbonyl (C=O) groups excluding carboxylic acids is 2. The summed E-state index contributed by atoms with van der Waals surface area (Å²) < 4.78 is 24.6. The van der Waals surface area contributed by atoms with Gasteiger partial charge in [0.1, 0.15) is 11.4 Å². The average Bonchev–Trinajstić information content (AvgIpc) is 3.47. The summed E-state index contributed by atoms with van der Waals surface area (Å²) in [5.41, 5.74) is 2.97. The van der Waals surface area contributed by atoms with Gasteiger partial charge in [-0.25, -0.2) is 4.39 Å². The van der Waals surface area contributed by atoms with Crippen molar-refractivity contribution < 1.29 is 23.1 Å². The van der Waals surface area contributed by atoms with Crippen LogP contribution in [0.4, 0.5) is 4.39 Å². The molecule has 1 aliphatic carbocycles. The Hall–Kier alpha value is -3.15. The zero-order valence-corrected chi connectivity index (χ0v) is 16.2. The zero-order valence-electron chi connectivity index (χ0n) is 16.2. The molecular weight excluding hydrogens is 373 g/mol. The second-order valence-electron chi connectivity index (χ2n) is 7.44. The maximum atomic E-state index is 13.9. The van der Waals surface area contributed by atoms with Gasteiger partial charge < -0.3 is 14.1 Å². The molecule has 3 aromatic rings. The lowest BCUT2D eigenvalue weighted by Gasteiger charge is -2.22. The number of aryl methyl sites for hydroxylation is 1. The molecule has 0 bridgehead atoms. The van der Waals surface area contributed by atoms with Crippen molar-refractivity contribution in [1.82, 2.24) is 4.90 Å². The van der Waals surface area contributed by atoms with Gasteiger partial charge in [0.2, 0.25) is 0 Å². The molecule has 1 aliphatic rings. The number of fused-ring (bicyclic) bond motifs is 1. The van der Waals surface area contributed by atoms with E-state index in [1.807, 2.05) is 25.1 Å². The summed E-state index contributed by atoms with van der Waals surface area (Å²) in [6, 6.07) is 12.2. The summed E-state index contributed by atoms with van der Waals surface area (Å²) >= 11 is 0. The molecule has 6 heteroatoms. The van der Waals surface area contributed by atoms with Crippen molar-refractivity contribution in [3.8, 4) is 0 Å². The number of hydrogen-bond donors (Lipinski definition) is 0. The van der Waals surface area contributed by atoms with Crippen LogP contribution in [0.5, 0.6) is 0 Å². The van der Waals surface area contributed by atoms with E-state index in [2.05, 4.69) is 0 Å². The van der Waals surface area contributed by atoms with Gasteiger partial charge in [0.15, 0.2) is 6.61 Å². The van der Waals surface area contributed by atoms with Crippen molar-refractivity contribution in [2.45, 2.75) is 38.8 Å². The number of halogens is 1. The smallest absolute Gasteiger partial charge is 0.310 e. The number of ether oxygens (including phenoxy) is 1. The van der Waals surface area contributed by atoms with Gasteiger partial charge in [0.05, 0.1) is 12.7 Å². The number of nitrogens with zero attached hydrogens (tertiary/aromatic N) is 1. The lowest BCUT2D eigenvalue weighted by molar-refractivity contribution is -0.152. The van der Waals surface area contributed by atoms with Crippen molar-refractivity contribution in [1.29, 1.82) is 0 Å². The van der Waals surface area contributed by atoms with Crippen molar-refractivity contribution in [2.24, 2.45) is 0 Å². The molecule has 0 saturated heterocycles. The monoisotopic (exact) mass is 395 g/mol. The lowest BCUT2D eigenvalue weighted by atomic mass is 10.1. The SMILES string of the molecule is Cc1ccc2c(CC(=O)OCC(=O)N(Cc3ccccc3F)C3CC3)coc2c1. The first-order valence-electron chi connectivity index (χ1n) is 9.66. The van der Waals surface area contributed by atoms with E-state index in [1.54, 1.807) is 29.4 Å². The standard InChI is InChI=1S/C23H22FNO4/c1-15-6-9-19-17(13-28-21(19)10-15)11-23(27)29-14-22(26)25(18-7-8-18)12-16-4-2-3-5-20(16)24/h2-6,9-10,13,18H,7-8,11-12,14H2,1H3. The first-order valence-corrected chi connectivity index (χ1v) is 9.66. The van der Waals surface area contributed by atoms with Crippen LogP contribution in [0.3, 0.4) is 0 Å². The highest BCUT2D eigenvalue weighted by molar-refractivity contribution is 5.87. The van der Waals surface area contributed by atoms with Crippen LogP contribution < -0.4 is 0 Å². The van der Waals surface area contributed by atoms with E-state index in [4.69, 9.17) is 9.15 Å². The van der Waals surface area contributed by atoms with Crippen LogP contribution in [0, 0.1) is 12.7 Å². The molecule has 2 aromatic carbocycles. The van der Waals surface area contributed by atoms with Gasteiger partial charge >= 0.3 is 5.97 Å². The van der Waals surface area contributed by atoms with Crippen LogP contribution in [0.15, 0.2) is 53.1 Å². The Morgan fingerprint density at radius 1 is 1.17 bits per heavy atom. The van der Waals surface area contributed by atoms with E-state index in [0.717, 1.165) is 29.4 Å². The third-order valence-corrected chi connectivity index (χ3v) is 5.11. The topological polar surface area (TPSA) is 59.8 Å². The highest BCUT2D eigenvalue weighted by Gasteiger charge is 2.33. The number of benzene rings is 2. The normalized spacial score (nSPS) is 13.4. The Labute approximate surface area is 168 Å². The molecular formula is C23H22FNO4. The first kappa shape index (κ1) is 19.2. The number of hydrogen-bond acceptors (Lipinski definition) is 4. The fraction of sp³-hybridized carbons (Fsp3) is 0.304. The van der Waals surface area contributed by atoms with Crippen molar-refractivity contribution in [2.75, 3.05) is 6.61 Å². The molecule has 150 valence electrons. The van der Waals surface area contributed by atoms with E-state index in [1.165, 1.54) is 6.07 Å². The van der Waals surface area contributed by atoms with E-state index in [-0.39, 0.29) is 37.3 Å². The highest BCUT2D eigenvalue weighted by atomic mass is 19.1. The van der Waals surface area contributed by atoms with Crippen LogP contribution in [-0.4, -0.2) is 29.4 Å². The molecule has 29 heavy (non-hydrogen) atoms. The van der Waals surface area contributed by atoms with Gasteiger partial charge in [-0.2, -0.15) is 0 Å². The van der Waals surface area contributed by atoms with Gasteiger partial charge in [-0.05, 0) is 37.5 Å². The molecule has 5 nitrogen and oxygen atoms in total. The summed E-state index contributed by atoms with van der Waals surface area (Å²) in [6.07, 6.45) is 3.34. The van der Waals surface area contributed by atoms with Crippen LogP contribution in [-0.2, 0) is 27.3 Å². The minimum Gasteiger partial charge on any atom is -0.464 e. The predicted octanol–water partition coefficient (Wildman–Crippen LogP) is 4.16. The summed E-state index contributed by atoms with van der Waals surface area (Å²) in [5, 5.41) is 0.859. The number of amides is 1. The van der Waals surface area contributed by atoms with E-state index in [9.17, 15) is 14.0 Å². The van der Waals surface area contributed by atoms with Crippen molar-refractivity contribution in [3.05, 3.63) is 71.2 Å². The minimum absolute atomic E-state index is 0.0279. The van der Waals surface area contributed by atoms with Gasteiger partial charge in [0, 0.05) is 29.1 Å². The molecule has 1 heterocycles. The molecule has 1 aromatic heterocycles. The summed E-state index contributed by atoms with van der Waals surface area (Å²) in [5.74, 6) is -1.15. The number of esters is 1. The number of carbonyl (C=O) groups is 2. The molecule has 0 atom stereocenters. The largest absolute Gasteiger partial charge is 0.464 e. The third kappa shape index (κ3) is 4.47. The Balaban J connectivity index is 1.36. The maximum Gasteiger partial charge on any atom is 0.310 e. The quantitative estimate of drug-likeness (QED) is 0.564. The molecule has 0 radical (unpaired) electrons. The van der Waals surface area contributed by atoms with Gasteiger partial charge in [-0.3, -0.25) is 9.59 Å². The van der Waals surface area contributed by atoms with Gasteiger partial charge in [-0.1, -0.05) is 30.3 Å². The second kappa shape index (κ2) is 8.07. The molecule has 1 saturated carbocycles. The highest BCUT2D eigenvalue weighted by Crippen LogP contribution is 2.29. The fourth-order valence-electron chi connectivity index (χ4n) is 3.38. The van der Waals surface area contributed by atoms with Crippen LogP contribution in [0.25, 0.3) is 11.0 Å². The average molecular weight is 395 g/mol. The van der Waals surface area contributed by atoms with Crippen LogP contribution in [0.2, 0.25) is 0 Å². The zero-order chi connectivity index (χ0) is 20.4. The minimum atomic E-state index is -0.497. The summed E-state index contributed by atoms with van der Waals surface area (Å²) in [6.45, 7) is 1.80. The van der Waals surface area contributed by atoms with Gasteiger partial charge in [-0.15, -0.1) is 0 Å². The molecule has 0 unspecified atom stereocenters. The summed E-state index contributed by atoms with van der Waals surface area (Å²) in [7, 11) is 0. The number of furan rings is 1. The summed E-state index contributed by atoms with van der Waals surface area (Å²) in [4.78, 5) is 26.5. The molecule has 0 spiro atoms. The molecule has 1 amide bonds. The first-order chi connectivity index (χ1) is 14.0. The molecule has 0 N–H and O–H groups in total. The Morgan fingerprint density at radius 2 is 1.97 bits per heavy atom. The predicted molar refractivity (Wildman–Crippen MR) is 106 cm³/mol. The van der Waals surface area contributed by atoms with E-state index >= 15 is 0 Å². The Morgan fingerprint density at radius 3 is 2.72 bits per heavy atom. The van der Waals surface area contributed by atoms with E-state index in [0.29, 0.717) is 11.1 Å². The van der Waals surface area contributed by atoms with Gasteiger partial charge in [0.25, 0.3) is 5.91 Å².